The predicted molar refractivity (Wildman–Crippen MR) is 93.9 cm³/mol. The van der Waals surface area contributed by atoms with E-state index in [1.807, 2.05) is 31.2 Å². The van der Waals surface area contributed by atoms with Gasteiger partial charge in [-0.15, -0.1) is 24.2 Å². The molecule has 0 heterocycles. The monoisotopic (exact) mass is 344 g/mol. The van der Waals surface area contributed by atoms with Crippen LogP contribution in [0.1, 0.15) is 26.2 Å². The van der Waals surface area contributed by atoms with Gasteiger partial charge in [-0.3, -0.25) is 4.79 Å². The number of carbonyl (C=O) groups excluding carboxylic acids is 1. The van der Waals surface area contributed by atoms with Crippen molar-refractivity contribution >= 4 is 30.1 Å². The van der Waals surface area contributed by atoms with Crippen molar-refractivity contribution in [3.05, 3.63) is 24.3 Å². The smallest absolute Gasteiger partial charge is 0.233 e. The quantitative estimate of drug-likeness (QED) is 0.779. The van der Waals surface area contributed by atoms with Crippen molar-refractivity contribution in [2.75, 3.05) is 13.7 Å². The van der Waals surface area contributed by atoms with Crippen LogP contribution in [-0.2, 0) is 4.79 Å². The van der Waals surface area contributed by atoms with E-state index in [9.17, 15) is 4.79 Å². The van der Waals surface area contributed by atoms with Crippen molar-refractivity contribution in [2.45, 2.75) is 42.4 Å². The lowest BCUT2D eigenvalue weighted by Gasteiger charge is -2.21. The van der Waals surface area contributed by atoms with Crippen LogP contribution in [0, 0.1) is 5.92 Å². The van der Waals surface area contributed by atoms with Crippen LogP contribution in [0.2, 0.25) is 0 Å². The number of hydrogen-bond acceptors (Lipinski definition) is 4. The highest BCUT2D eigenvalue weighted by molar-refractivity contribution is 8.00. The second-order valence-electron chi connectivity index (χ2n) is 5.48. The number of benzene rings is 1. The molecule has 4 nitrogen and oxygen atoms in total. The van der Waals surface area contributed by atoms with Crippen LogP contribution in [0.4, 0.5) is 0 Å². The fourth-order valence-electron chi connectivity index (χ4n) is 2.72. The molecule has 0 bridgehead atoms. The summed E-state index contributed by atoms with van der Waals surface area (Å²) in [7, 11) is 1.65. The summed E-state index contributed by atoms with van der Waals surface area (Å²) in [5.74, 6) is 1.36. The van der Waals surface area contributed by atoms with Gasteiger partial charge in [-0.1, -0.05) is 6.42 Å². The summed E-state index contributed by atoms with van der Waals surface area (Å²) >= 11 is 1.56. The summed E-state index contributed by atoms with van der Waals surface area (Å²) < 4.78 is 5.13. The minimum Gasteiger partial charge on any atom is -0.497 e. The molecule has 0 aliphatic heterocycles. The number of methoxy groups -OCH3 is 1. The van der Waals surface area contributed by atoms with E-state index in [0.29, 0.717) is 12.5 Å². The first kappa shape index (κ1) is 19.1. The van der Waals surface area contributed by atoms with Gasteiger partial charge >= 0.3 is 0 Å². The first-order valence-corrected chi connectivity index (χ1v) is 8.33. The lowest BCUT2D eigenvalue weighted by Crippen LogP contribution is -2.43. The van der Waals surface area contributed by atoms with Gasteiger partial charge in [-0.2, -0.15) is 0 Å². The Morgan fingerprint density at radius 2 is 2.09 bits per heavy atom. The van der Waals surface area contributed by atoms with E-state index in [2.05, 4.69) is 5.32 Å². The van der Waals surface area contributed by atoms with Crippen LogP contribution in [-0.4, -0.2) is 30.9 Å². The maximum atomic E-state index is 12.3. The standard InChI is InChI=1S/C16H24N2O2S.ClH/c1-11(21-14-8-6-13(20-2)7-9-14)16(19)18-15-5-3-4-12(15)10-17;/h6-9,11-12,15H,3-5,10,17H2,1-2H3,(H,18,19);1H. The molecule has 1 amide bonds. The molecule has 0 spiro atoms. The zero-order valence-corrected chi connectivity index (χ0v) is 14.7. The Labute approximate surface area is 143 Å². The van der Waals surface area contributed by atoms with Gasteiger partial charge in [0.05, 0.1) is 12.4 Å². The van der Waals surface area contributed by atoms with Gasteiger partial charge in [-0.25, -0.2) is 0 Å². The van der Waals surface area contributed by atoms with Crippen LogP contribution < -0.4 is 15.8 Å². The Kier molecular flexibility index (Phi) is 8.07. The molecule has 124 valence electrons. The number of amides is 1. The molecule has 3 atom stereocenters. The topological polar surface area (TPSA) is 64.3 Å². The minimum absolute atomic E-state index is 0. The zero-order chi connectivity index (χ0) is 15.2. The molecule has 1 fully saturated rings. The van der Waals surface area contributed by atoms with E-state index in [4.69, 9.17) is 10.5 Å². The molecule has 1 aromatic carbocycles. The van der Waals surface area contributed by atoms with E-state index in [-0.39, 0.29) is 29.6 Å². The van der Waals surface area contributed by atoms with Crippen LogP contribution in [0.25, 0.3) is 0 Å². The minimum atomic E-state index is -0.114. The molecule has 1 aromatic rings. The molecule has 2 rings (SSSR count). The maximum Gasteiger partial charge on any atom is 0.233 e. The van der Waals surface area contributed by atoms with Crippen molar-refractivity contribution in [3.63, 3.8) is 0 Å². The average Bonchev–Trinajstić information content (AvgIpc) is 2.95. The first-order chi connectivity index (χ1) is 10.1. The third-order valence-corrected chi connectivity index (χ3v) is 5.14. The fourth-order valence-corrected chi connectivity index (χ4v) is 3.60. The molecular formula is C16H25ClN2O2S. The number of ether oxygens (including phenoxy) is 1. The molecular weight excluding hydrogens is 320 g/mol. The van der Waals surface area contributed by atoms with Gasteiger partial charge in [-0.05, 0) is 56.5 Å². The molecule has 6 heteroatoms. The van der Waals surface area contributed by atoms with Gasteiger partial charge < -0.3 is 15.8 Å². The van der Waals surface area contributed by atoms with Crippen molar-refractivity contribution in [2.24, 2.45) is 11.7 Å². The van der Waals surface area contributed by atoms with Crippen molar-refractivity contribution in [1.29, 1.82) is 0 Å². The van der Waals surface area contributed by atoms with Crippen LogP contribution >= 0.6 is 24.2 Å². The van der Waals surface area contributed by atoms with E-state index in [1.165, 1.54) is 0 Å². The predicted octanol–water partition coefficient (Wildman–Crippen LogP) is 2.84. The molecule has 3 unspecified atom stereocenters. The second-order valence-corrected chi connectivity index (χ2v) is 6.89. The third kappa shape index (κ3) is 5.07. The summed E-state index contributed by atoms with van der Waals surface area (Å²) in [6.07, 6.45) is 3.34. The number of nitrogens with two attached hydrogens (primary N) is 1. The molecule has 0 radical (unpaired) electrons. The SMILES string of the molecule is COc1ccc(SC(C)C(=O)NC2CCCC2CN)cc1.Cl. The fraction of sp³-hybridized carbons (Fsp3) is 0.562. The number of rotatable bonds is 6. The Balaban J connectivity index is 0.00000242. The summed E-state index contributed by atoms with van der Waals surface area (Å²) in [4.78, 5) is 13.4. The van der Waals surface area contributed by atoms with Crippen molar-refractivity contribution < 1.29 is 9.53 Å². The van der Waals surface area contributed by atoms with Crippen molar-refractivity contribution in [3.8, 4) is 5.75 Å². The molecule has 1 aliphatic rings. The van der Waals surface area contributed by atoms with Crippen LogP contribution in [0.15, 0.2) is 29.2 Å². The molecule has 1 saturated carbocycles. The van der Waals surface area contributed by atoms with E-state index < -0.39 is 0 Å². The van der Waals surface area contributed by atoms with E-state index in [0.717, 1.165) is 29.9 Å². The molecule has 0 saturated heterocycles. The van der Waals surface area contributed by atoms with Gasteiger partial charge in [0.25, 0.3) is 0 Å². The van der Waals surface area contributed by atoms with Crippen molar-refractivity contribution in [1.82, 2.24) is 5.32 Å². The largest absolute Gasteiger partial charge is 0.497 e. The number of thioether (sulfide) groups is 1. The summed E-state index contributed by atoms with van der Waals surface area (Å²) in [5, 5.41) is 3.04. The lowest BCUT2D eigenvalue weighted by molar-refractivity contribution is -0.121. The maximum absolute atomic E-state index is 12.3. The Morgan fingerprint density at radius 1 is 1.41 bits per heavy atom. The first-order valence-electron chi connectivity index (χ1n) is 7.45. The lowest BCUT2D eigenvalue weighted by atomic mass is 10.0. The van der Waals surface area contributed by atoms with Crippen LogP contribution in [0.3, 0.4) is 0 Å². The van der Waals surface area contributed by atoms with Gasteiger partial charge in [0, 0.05) is 10.9 Å². The molecule has 22 heavy (non-hydrogen) atoms. The summed E-state index contributed by atoms with van der Waals surface area (Å²) in [6.45, 7) is 2.60. The molecule has 0 aromatic heterocycles. The third-order valence-electron chi connectivity index (χ3n) is 4.03. The second kappa shape index (κ2) is 9.28. The Hall–Kier alpha value is -0.910. The molecule has 1 aliphatic carbocycles. The Morgan fingerprint density at radius 3 is 2.68 bits per heavy atom. The zero-order valence-electron chi connectivity index (χ0n) is 13.1. The summed E-state index contributed by atoms with van der Waals surface area (Å²) in [5.41, 5.74) is 5.76. The highest BCUT2D eigenvalue weighted by Gasteiger charge is 2.28. The van der Waals surface area contributed by atoms with Gasteiger partial charge in [0.1, 0.15) is 5.75 Å². The highest BCUT2D eigenvalue weighted by Crippen LogP contribution is 2.28. The number of nitrogens with one attached hydrogen (secondary N) is 1. The number of hydrogen-bond donors (Lipinski definition) is 2. The van der Waals surface area contributed by atoms with Gasteiger partial charge in [0.2, 0.25) is 5.91 Å². The Bertz CT molecular complexity index is 470. The van der Waals surface area contributed by atoms with E-state index in [1.54, 1.807) is 18.9 Å². The molecule has 3 N–H and O–H groups in total. The number of carbonyl (C=O) groups is 1. The normalized spacial score (nSPS) is 21.8. The average molecular weight is 345 g/mol. The highest BCUT2D eigenvalue weighted by atomic mass is 35.5. The van der Waals surface area contributed by atoms with Gasteiger partial charge in [0.15, 0.2) is 0 Å². The van der Waals surface area contributed by atoms with E-state index >= 15 is 0 Å². The number of halogens is 1. The summed E-state index contributed by atoms with van der Waals surface area (Å²) in [6, 6.07) is 8.03. The van der Waals surface area contributed by atoms with Crippen LogP contribution in [0.5, 0.6) is 5.75 Å².